The minimum atomic E-state index is 0.0168. The zero-order chi connectivity index (χ0) is 14.8. The topological polar surface area (TPSA) is 55.9 Å². The maximum atomic E-state index is 6.35. The molecule has 6 heteroatoms. The molecule has 1 aliphatic carbocycles. The Hall–Kier alpha value is -0.880. The summed E-state index contributed by atoms with van der Waals surface area (Å²) in [7, 11) is 0. The van der Waals surface area contributed by atoms with Crippen molar-refractivity contribution in [3.63, 3.8) is 0 Å². The van der Waals surface area contributed by atoms with Crippen LogP contribution in [0.3, 0.4) is 0 Å². The summed E-state index contributed by atoms with van der Waals surface area (Å²) in [4.78, 5) is 1.09. The van der Waals surface area contributed by atoms with Gasteiger partial charge in [0, 0.05) is 17.5 Å². The first kappa shape index (κ1) is 15.0. The van der Waals surface area contributed by atoms with Crippen molar-refractivity contribution >= 4 is 22.9 Å². The third kappa shape index (κ3) is 3.16. The quantitative estimate of drug-likeness (QED) is 0.650. The van der Waals surface area contributed by atoms with Crippen LogP contribution in [0.15, 0.2) is 17.6 Å². The van der Waals surface area contributed by atoms with Gasteiger partial charge in [-0.2, -0.15) is 5.10 Å². The second kappa shape index (κ2) is 6.48. The summed E-state index contributed by atoms with van der Waals surface area (Å²) in [5, 5.41) is 7.61. The van der Waals surface area contributed by atoms with Crippen LogP contribution < -0.4 is 11.3 Å². The summed E-state index contributed by atoms with van der Waals surface area (Å²) >= 11 is 8.00. The number of hydrogen-bond acceptors (Lipinski definition) is 4. The van der Waals surface area contributed by atoms with E-state index in [0.29, 0.717) is 6.04 Å². The molecule has 1 fully saturated rings. The van der Waals surface area contributed by atoms with Crippen LogP contribution in [0.1, 0.15) is 53.9 Å². The standard InChI is InChI=1S/C15H21ClN4S/c1-10-9-21-15(14(10)16)13(18-17)8-11-6-7-20(19-11)12-4-2-3-5-12/h6-7,9,12-13,18H,2-5,8,17H2,1H3. The summed E-state index contributed by atoms with van der Waals surface area (Å²) in [6, 6.07) is 2.69. The van der Waals surface area contributed by atoms with Gasteiger partial charge in [-0.25, -0.2) is 0 Å². The Kier molecular flexibility index (Phi) is 4.64. The fourth-order valence-corrected chi connectivity index (χ4v) is 4.37. The largest absolute Gasteiger partial charge is 0.271 e. The molecule has 1 atom stereocenters. The highest BCUT2D eigenvalue weighted by Crippen LogP contribution is 2.34. The Morgan fingerprint density at radius 1 is 1.52 bits per heavy atom. The van der Waals surface area contributed by atoms with Gasteiger partial charge >= 0.3 is 0 Å². The smallest absolute Gasteiger partial charge is 0.0644 e. The number of nitrogens with two attached hydrogens (primary N) is 1. The van der Waals surface area contributed by atoms with Crippen LogP contribution >= 0.6 is 22.9 Å². The predicted octanol–water partition coefficient (Wildman–Crippen LogP) is 3.77. The first-order chi connectivity index (χ1) is 10.2. The van der Waals surface area contributed by atoms with E-state index in [9.17, 15) is 0 Å². The minimum absolute atomic E-state index is 0.0168. The molecule has 3 rings (SSSR count). The van der Waals surface area contributed by atoms with Crippen molar-refractivity contribution in [3.05, 3.63) is 38.8 Å². The molecule has 0 saturated heterocycles. The Balaban J connectivity index is 1.73. The van der Waals surface area contributed by atoms with Crippen LogP contribution in [0.2, 0.25) is 5.02 Å². The number of thiophene rings is 1. The minimum Gasteiger partial charge on any atom is -0.271 e. The highest BCUT2D eigenvalue weighted by Gasteiger charge is 2.21. The number of rotatable bonds is 5. The van der Waals surface area contributed by atoms with Crippen molar-refractivity contribution < 1.29 is 0 Å². The van der Waals surface area contributed by atoms with Gasteiger partial charge in [-0.05, 0) is 36.8 Å². The first-order valence-corrected chi connectivity index (χ1v) is 8.68. The molecule has 114 valence electrons. The third-order valence-electron chi connectivity index (χ3n) is 4.22. The van der Waals surface area contributed by atoms with Crippen molar-refractivity contribution in [2.45, 2.75) is 51.1 Å². The van der Waals surface area contributed by atoms with Gasteiger partial charge < -0.3 is 0 Å². The molecule has 0 radical (unpaired) electrons. The van der Waals surface area contributed by atoms with E-state index in [1.165, 1.54) is 25.7 Å². The molecule has 0 aromatic carbocycles. The Morgan fingerprint density at radius 2 is 2.29 bits per heavy atom. The Labute approximate surface area is 134 Å². The monoisotopic (exact) mass is 324 g/mol. The van der Waals surface area contributed by atoms with Gasteiger partial charge in [0.15, 0.2) is 0 Å². The molecular weight excluding hydrogens is 304 g/mol. The van der Waals surface area contributed by atoms with E-state index >= 15 is 0 Å². The van der Waals surface area contributed by atoms with E-state index in [-0.39, 0.29) is 6.04 Å². The molecule has 4 nitrogen and oxygen atoms in total. The number of hydrogen-bond donors (Lipinski definition) is 2. The van der Waals surface area contributed by atoms with Crippen LogP contribution in [0.4, 0.5) is 0 Å². The van der Waals surface area contributed by atoms with Crippen LogP contribution in [0.25, 0.3) is 0 Å². The van der Waals surface area contributed by atoms with Gasteiger partial charge in [-0.1, -0.05) is 24.4 Å². The van der Waals surface area contributed by atoms with E-state index in [1.807, 2.05) is 6.92 Å². The van der Waals surface area contributed by atoms with Crippen LogP contribution in [-0.2, 0) is 6.42 Å². The lowest BCUT2D eigenvalue weighted by molar-refractivity contribution is 0.458. The van der Waals surface area contributed by atoms with Crippen molar-refractivity contribution in [1.82, 2.24) is 15.2 Å². The van der Waals surface area contributed by atoms with Gasteiger partial charge in [0.1, 0.15) is 0 Å². The molecule has 0 amide bonds. The summed E-state index contributed by atoms with van der Waals surface area (Å²) in [6.07, 6.45) is 7.98. The predicted molar refractivity (Wildman–Crippen MR) is 87.6 cm³/mol. The van der Waals surface area contributed by atoms with Crippen LogP contribution in [0.5, 0.6) is 0 Å². The van der Waals surface area contributed by atoms with Crippen molar-refractivity contribution in [2.24, 2.45) is 5.84 Å². The summed E-state index contributed by atoms with van der Waals surface area (Å²) in [5.74, 6) is 5.72. The normalized spacial score (nSPS) is 17.5. The van der Waals surface area contributed by atoms with Gasteiger partial charge in [-0.15, -0.1) is 11.3 Å². The van der Waals surface area contributed by atoms with Crippen molar-refractivity contribution in [3.8, 4) is 0 Å². The molecule has 1 saturated carbocycles. The Morgan fingerprint density at radius 3 is 2.90 bits per heavy atom. The maximum Gasteiger partial charge on any atom is 0.0644 e. The summed E-state index contributed by atoms with van der Waals surface area (Å²) in [5.41, 5.74) is 5.04. The van der Waals surface area contributed by atoms with E-state index in [1.54, 1.807) is 11.3 Å². The fourth-order valence-electron chi connectivity index (χ4n) is 2.98. The molecule has 0 bridgehead atoms. The lowest BCUT2D eigenvalue weighted by Crippen LogP contribution is -2.29. The fraction of sp³-hybridized carbons (Fsp3) is 0.533. The zero-order valence-corrected chi connectivity index (χ0v) is 13.8. The molecular formula is C15H21ClN4S. The van der Waals surface area contributed by atoms with Gasteiger partial charge in [0.25, 0.3) is 0 Å². The molecule has 2 aromatic rings. The SMILES string of the molecule is Cc1csc(C(Cc2ccn(C3CCCC3)n2)NN)c1Cl. The number of aryl methyl sites for hydroxylation is 1. The zero-order valence-electron chi connectivity index (χ0n) is 12.2. The summed E-state index contributed by atoms with van der Waals surface area (Å²) < 4.78 is 2.12. The first-order valence-electron chi connectivity index (χ1n) is 7.42. The molecule has 3 N–H and O–H groups in total. The number of aromatic nitrogens is 2. The number of hydrazine groups is 1. The van der Waals surface area contributed by atoms with Crippen molar-refractivity contribution in [2.75, 3.05) is 0 Å². The maximum absolute atomic E-state index is 6.35. The molecule has 2 aromatic heterocycles. The van der Waals surface area contributed by atoms with Gasteiger partial charge in [0.2, 0.25) is 0 Å². The van der Waals surface area contributed by atoms with E-state index in [0.717, 1.165) is 27.6 Å². The highest BCUT2D eigenvalue weighted by atomic mass is 35.5. The highest BCUT2D eigenvalue weighted by molar-refractivity contribution is 7.10. The van der Waals surface area contributed by atoms with Gasteiger partial charge in [-0.3, -0.25) is 16.0 Å². The lowest BCUT2D eigenvalue weighted by Gasteiger charge is -2.14. The molecule has 2 heterocycles. The Bertz CT molecular complexity index is 601. The second-order valence-electron chi connectivity index (χ2n) is 5.75. The van der Waals surface area contributed by atoms with E-state index < -0.39 is 0 Å². The lowest BCUT2D eigenvalue weighted by atomic mass is 10.1. The molecule has 0 spiro atoms. The van der Waals surface area contributed by atoms with Crippen molar-refractivity contribution in [1.29, 1.82) is 0 Å². The van der Waals surface area contributed by atoms with Crippen LogP contribution in [-0.4, -0.2) is 9.78 Å². The number of halogens is 1. The average Bonchev–Trinajstić information content (AvgIpc) is 3.20. The molecule has 1 aliphatic rings. The second-order valence-corrected chi connectivity index (χ2v) is 7.03. The number of nitrogens with zero attached hydrogens (tertiary/aromatic N) is 2. The average molecular weight is 325 g/mol. The summed E-state index contributed by atoms with van der Waals surface area (Å²) in [6.45, 7) is 2.02. The van der Waals surface area contributed by atoms with E-state index in [4.69, 9.17) is 22.5 Å². The molecule has 1 unspecified atom stereocenters. The third-order valence-corrected chi connectivity index (χ3v) is 6.05. The van der Waals surface area contributed by atoms with Gasteiger partial charge in [0.05, 0.1) is 22.8 Å². The number of nitrogens with one attached hydrogen (secondary N) is 1. The van der Waals surface area contributed by atoms with E-state index in [2.05, 4.69) is 27.8 Å². The van der Waals surface area contributed by atoms with Crippen LogP contribution in [0, 0.1) is 6.92 Å². The molecule has 21 heavy (non-hydrogen) atoms. The molecule has 0 aliphatic heterocycles.